The number of amides is 2. The SMILES string of the molecule is C[C@](C#N)(NC(=O)COC(=O)[C@]12CCC(=O)N1c1ccccc1S2)C1CC1. The number of nitrogens with zero attached hydrogens (tertiary/aromatic N) is 2. The van der Waals surface area contributed by atoms with Gasteiger partial charge in [-0.1, -0.05) is 23.9 Å². The van der Waals surface area contributed by atoms with Crippen molar-refractivity contribution in [2.45, 2.75) is 47.9 Å². The lowest BCUT2D eigenvalue weighted by Crippen LogP contribution is -2.51. The molecule has 1 aliphatic carbocycles. The first kappa shape index (κ1) is 17.9. The van der Waals surface area contributed by atoms with E-state index in [4.69, 9.17) is 4.74 Å². The van der Waals surface area contributed by atoms with Crippen molar-refractivity contribution >= 4 is 35.2 Å². The van der Waals surface area contributed by atoms with E-state index in [1.165, 1.54) is 16.7 Å². The van der Waals surface area contributed by atoms with Crippen LogP contribution in [0.5, 0.6) is 0 Å². The number of thioether (sulfide) groups is 1. The molecule has 0 unspecified atom stereocenters. The Morgan fingerprint density at radius 2 is 2.19 bits per heavy atom. The number of nitriles is 1. The first-order valence-corrected chi connectivity index (χ1v) is 9.72. The lowest BCUT2D eigenvalue weighted by molar-refractivity contribution is -0.151. The zero-order valence-corrected chi connectivity index (χ0v) is 15.7. The Morgan fingerprint density at radius 3 is 2.89 bits per heavy atom. The van der Waals surface area contributed by atoms with Gasteiger partial charge in [0.15, 0.2) is 11.5 Å². The largest absolute Gasteiger partial charge is 0.453 e. The van der Waals surface area contributed by atoms with Gasteiger partial charge in [0, 0.05) is 17.7 Å². The first-order valence-electron chi connectivity index (χ1n) is 8.90. The second-order valence-corrected chi connectivity index (χ2v) is 8.62. The average Bonchev–Trinajstić information content (AvgIpc) is 3.39. The Balaban J connectivity index is 1.45. The molecule has 0 aromatic heterocycles. The van der Waals surface area contributed by atoms with Crippen molar-refractivity contribution in [3.63, 3.8) is 0 Å². The molecule has 1 saturated heterocycles. The van der Waals surface area contributed by atoms with Crippen molar-refractivity contribution in [2.75, 3.05) is 11.5 Å². The first-order chi connectivity index (χ1) is 12.9. The number of fused-ring (bicyclic) bond motifs is 3. The smallest absolute Gasteiger partial charge is 0.344 e. The molecular formula is C19H19N3O4S. The van der Waals surface area contributed by atoms with Crippen LogP contribution in [0.1, 0.15) is 32.6 Å². The molecule has 1 saturated carbocycles. The summed E-state index contributed by atoms with van der Waals surface area (Å²) in [6.07, 6.45) is 2.40. The summed E-state index contributed by atoms with van der Waals surface area (Å²) in [6.45, 7) is 1.22. The summed E-state index contributed by atoms with van der Waals surface area (Å²) in [5, 5.41) is 12.0. The van der Waals surface area contributed by atoms with E-state index in [0.29, 0.717) is 12.1 Å². The Labute approximate surface area is 161 Å². The highest BCUT2D eigenvalue weighted by atomic mass is 32.2. The van der Waals surface area contributed by atoms with Crippen LogP contribution in [-0.2, 0) is 19.1 Å². The van der Waals surface area contributed by atoms with Crippen molar-refractivity contribution in [3.05, 3.63) is 24.3 Å². The number of carbonyl (C=O) groups excluding carboxylic acids is 3. The third kappa shape index (κ3) is 2.86. The summed E-state index contributed by atoms with van der Waals surface area (Å²) in [7, 11) is 0. The van der Waals surface area contributed by atoms with Crippen molar-refractivity contribution in [2.24, 2.45) is 5.92 Å². The molecule has 1 aromatic rings. The van der Waals surface area contributed by atoms with Crippen molar-refractivity contribution < 1.29 is 19.1 Å². The average molecular weight is 385 g/mol. The van der Waals surface area contributed by atoms with Crippen LogP contribution in [0.25, 0.3) is 0 Å². The molecule has 27 heavy (non-hydrogen) atoms. The number of hydrogen-bond acceptors (Lipinski definition) is 6. The molecule has 0 bridgehead atoms. The number of anilines is 1. The van der Waals surface area contributed by atoms with Crippen molar-refractivity contribution in [1.29, 1.82) is 5.26 Å². The minimum Gasteiger partial charge on any atom is -0.453 e. The molecule has 2 amide bonds. The van der Waals surface area contributed by atoms with E-state index in [1.54, 1.807) is 13.0 Å². The number of rotatable bonds is 5. The van der Waals surface area contributed by atoms with E-state index in [0.717, 1.165) is 17.7 Å². The van der Waals surface area contributed by atoms with Crippen LogP contribution in [0.15, 0.2) is 29.2 Å². The molecule has 2 atom stereocenters. The molecule has 4 rings (SSSR count). The minimum absolute atomic E-state index is 0.125. The monoisotopic (exact) mass is 385 g/mol. The minimum atomic E-state index is -1.14. The van der Waals surface area contributed by atoms with Gasteiger partial charge in [0.05, 0.1) is 11.8 Å². The van der Waals surface area contributed by atoms with Crippen LogP contribution >= 0.6 is 11.8 Å². The van der Waals surface area contributed by atoms with Crippen LogP contribution in [0.4, 0.5) is 5.69 Å². The third-order valence-corrected chi connectivity index (χ3v) is 6.81. The Hall–Kier alpha value is -2.53. The summed E-state index contributed by atoms with van der Waals surface area (Å²) < 4.78 is 5.29. The van der Waals surface area contributed by atoms with Gasteiger partial charge >= 0.3 is 5.97 Å². The van der Waals surface area contributed by atoms with Gasteiger partial charge in [-0.05, 0) is 37.8 Å². The Bertz CT molecular complexity index is 878. The maximum atomic E-state index is 12.9. The molecule has 1 aromatic carbocycles. The van der Waals surface area contributed by atoms with Crippen LogP contribution in [0.3, 0.4) is 0 Å². The fourth-order valence-corrected chi connectivity index (χ4v) is 5.14. The van der Waals surface area contributed by atoms with Crippen LogP contribution < -0.4 is 10.2 Å². The Kier molecular flexibility index (Phi) is 4.15. The van der Waals surface area contributed by atoms with E-state index in [-0.39, 0.29) is 18.2 Å². The molecule has 2 aliphatic heterocycles. The van der Waals surface area contributed by atoms with Gasteiger partial charge in [0.25, 0.3) is 5.91 Å². The molecular weight excluding hydrogens is 366 g/mol. The zero-order valence-electron chi connectivity index (χ0n) is 14.9. The Morgan fingerprint density at radius 1 is 1.44 bits per heavy atom. The van der Waals surface area contributed by atoms with Gasteiger partial charge < -0.3 is 10.1 Å². The fraction of sp³-hybridized carbons (Fsp3) is 0.474. The predicted octanol–water partition coefficient (Wildman–Crippen LogP) is 1.97. The van der Waals surface area contributed by atoms with Gasteiger partial charge in [-0.25, -0.2) is 4.79 Å². The summed E-state index contributed by atoms with van der Waals surface area (Å²) in [5.41, 5.74) is -0.229. The number of ether oxygens (including phenoxy) is 1. The molecule has 8 heteroatoms. The van der Waals surface area contributed by atoms with Gasteiger partial charge in [-0.2, -0.15) is 5.26 Å². The predicted molar refractivity (Wildman–Crippen MR) is 97.6 cm³/mol. The molecule has 1 N–H and O–H groups in total. The molecule has 0 radical (unpaired) electrons. The van der Waals surface area contributed by atoms with Gasteiger partial charge in [0.1, 0.15) is 5.54 Å². The second-order valence-electron chi connectivity index (χ2n) is 7.30. The highest BCUT2D eigenvalue weighted by molar-refractivity contribution is 8.02. The van der Waals surface area contributed by atoms with Gasteiger partial charge in [-0.3, -0.25) is 14.5 Å². The van der Waals surface area contributed by atoms with E-state index in [1.807, 2.05) is 18.2 Å². The number of benzene rings is 1. The molecule has 7 nitrogen and oxygen atoms in total. The standard InChI is InChI=1S/C19H19N3O4S/c1-18(11-20,12-6-7-12)21-15(23)10-26-17(25)19-9-8-16(24)22(19)13-4-2-3-5-14(13)27-19/h2-5,12H,6-10H2,1H3,(H,21,23)/t18-,19-/m1/s1. The highest BCUT2D eigenvalue weighted by Gasteiger charge is 2.58. The van der Waals surface area contributed by atoms with Crippen LogP contribution in [-0.4, -0.2) is 34.8 Å². The van der Waals surface area contributed by atoms with E-state index >= 15 is 0 Å². The fourth-order valence-electron chi connectivity index (χ4n) is 3.72. The molecule has 2 fully saturated rings. The highest BCUT2D eigenvalue weighted by Crippen LogP contribution is 2.56. The van der Waals surface area contributed by atoms with E-state index in [9.17, 15) is 19.6 Å². The zero-order chi connectivity index (χ0) is 19.2. The summed E-state index contributed by atoms with van der Waals surface area (Å²) in [6, 6.07) is 9.48. The van der Waals surface area contributed by atoms with Crippen molar-refractivity contribution in [3.8, 4) is 6.07 Å². The number of carbonyl (C=O) groups is 3. The normalized spacial score (nSPS) is 25.2. The maximum Gasteiger partial charge on any atom is 0.344 e. The third-order valence-electron chi connectivity index (χ3n) is 5.35. The maximum absolute atomic E-state index is 12.9. The topological polar surface area (TPSA) is 99.5 Å². The summed E-state index contributed by atoms with van der Waals surface area (Å²) in [5.74, 6) is -1.09. The summed E-state index contributed by atoms with van der Waals surface area (Å²) in [4.78, 5) is 38.6. The molecule has 2 heterocycles. The number of hydrogen-bond donors (Lipinski definition) is 1. The van der Waals surface area contributed by atoms with E-state index in [2.05, 4.69) is 11.4 Å². The lowest BCUT2D eigenvalue weighted by atomic mass is 9.98. The van der Waals surface area contributed by atoms with Crippen LogP contribution in [0.2, 0.25) is 0 Å². The number of nitrogens with one attached hydrogen (secondary N) is 1. The molecule has 0 spiro atoms. The summed E-state index contributed by atoms with van der Waals surface area (Å²) >= 11 is 1.30. The van der Waals surface area contributed by atoms with Crippen molar-refractivity contribution in [1.82, 2.24) is 5.32 Å². The number of esters is 1. The second kappa shape index (κ2) is 6.27. The van der Waals surface area contributed by atoms with Gasteiger partial charge in [0.2, 0.25) is 5.91 Å². The van der Waals surface area contributed by atoms with E-state index < -0.39 is 28.9 Å². The quantitative estimate of drug-likeness (QED) is 0.778. The van der Waals surface area contributed by atoms with Gasteiger partial charge in [-0.15, -0.1) is 0 Å². The number of para-hydroxylation sites is 1. The van der Waals surface area contributed by atoms with Crippen LogP contribution in [0, 0.1) is 17.2 Å². The molecule has 3 aliphatic rings. The molecule has 140 valence electrons. The lowest BCUT2D eigenvalue weighted by Gasteiger charge is -2.29.